The molecule has 1 N–H and O–H groups in total. The molecule has 1 aliphatic rings. The van der Waals surface area contributed by atoms with Gasteiger partial charge in [-0.3, -0.25) is 5.10 Å². The molecule has 0 bridgehead atoms. The summed E-state index contributed by atoms with van der Waals surface area (Å²) in [6.45, 7) is 1.94. The van der Waals surface area contributed by atoms with Crippen molar-refractivity contribution in [3.05, 3.63) is 11.8 Å². The lowest BCUT2D eigenvalue weighted by Gasteiger charge is -2.23. The van der Waals surface area contributed by atoms with Gasteiger partial charge in [0.15, 0.2) is 5.03 Å². The molecule has 1 aliphatic carbocycles. The lowest BCUT2D eigenvalue weighted by molar-refractivity contribution is 0.355. The van der Waals surface area contributed by atoms with Crippen LogP contribution in [0, 0.1) is 5.92 Å². The first-order valence-electron chi connectivity index (χ1n) is 5.54. The molecule has 2 rings (SSSR count). The van der Waals surface area contributed by atoms with Crippen molar-refractivity contribution in [1.29, 1.82) is 0 Å². The van der Waals surface area contributed by atoms with Gasteiger partial charge >= 0.3 is 0 Å². The quantitative estimate of drug-likeness (QED) is 0.831. The van der Waals surface area contributed by atoms with Crippen molar-refractivity contribution in [2.45, 2.75) is 36.7 Å². The summed E-state index contributed by atoms with van der Waals surface area (Å²) in [6.07, 6.45) is 3.66. The Labute approximate surface area is 106 Å². The monoisotopic (exact) mass is 277 g/mol. The number of alkyl halides is 1. The fraction of sp³-hybridized carbons (Fsp3) is 0.700. The molecule has 96 valence electrons. The number of hydrogen-bond donors (Lipinski definition) is 1. The van der Waals surface area contributed by atoms with Gasteiger partial charge in [-0.1, -0.05) is 0 Å². The maximum atomic E-state index is 12.3. The van der Waals surface area contributed by atoms with Crippen LogP contribution in [0.3, 0.4) is 0 Å². The number of H-pyrrole nitrogens is 1. The molecule has 0 aliphatic heterocycles. The molecule has 1 fully saturated rings. The van der Waals surface area contributed by atoms with Crippen molar-refractivity contribution >= 4 is 21.6 Å². The second kappa shape index (κ2) is 4.59. The third-order valence-corrected chi connectivity index (χ3v) is 5.59. The lowest BCUT2D eigenvalue weighted by Crippen LogP contribution is -2.37. The van der Waals surface area contributed by atoms with E-state index in [0.717, 1.165) is 12.8 Å². The highest BCUT2D eigenvalue weighted by molar-refractivity contribution is 7.89. The van der Waals surface area contributed by atoms with Gasteiger partial charge in [-0.2, -0.15) is 9.40 Å². The van der Waals surface area contributed by atoms with Gasteiger partial charge in [0, 0.05) is 18.7 Å². The Morgan fingerprint density at radius 1 is 1.65 bits per heavy atom. The summed E-state index contributed by atoms with van der Waals surface area (Å²) >= 11 is 5.70. The highest BCUT2D eigenvalue weighted by Crippen LogP contribution is 2.36. The van der Waals surface area contributed by atoms with Gasteiger partial charge in [-0.15, -0.1) is 11.6 Å². The number of nitrogens with one attached hydrogen (secondary N) is 1. The largest absolute Gasteiger partial charge is 0.266 e. The van der Waals surface area contributed by atoms with E-state index < -0.39 is 10.0 Å². The molecule has 1 aromatic heterocycles. The Kier molecular flexibility index (Phi) is 3.47. The summed E-state index contributed by atoms with van der Waals surface area (Å²) in [5.74, 6) is 0.619. The van der Waals surface area contributed by atoms with Crippen LogP contribution in [0.2, 0.25) is 0 Å². The van der Waals surface area contributed by atoms with E-state index in [0.29, 0.717) is 11.5 Å². The first kappa shape index (κ1) is 12.9. The maximum absolute atomic E-state index is 12.3. The highest BCUT2D eigenvalue weighted by Gasteiger charge is 2.37. The lowest BCUT2D eigenvalue weighted by atomic mass is 10.2. The first-order valence-corrected chi connectivity index (χ1v) is 7.52. The van der Waals surface area contributed by atoms with Gasteiger partial charge in [0.25, 0.3) is 10.0 Å². The Morgan fingerprint density at radius 2 is 2.29 bits per heavy atom. The standard InChI is InChI=1S/C10H16ClN3O2S/c1-7(8-3-4-8)14(2)17(15,16)10-9(5-11)6-12-13-10/h6-8H,3-5H2,1-2H3,(H,12,13). The third kappa shape index (κ3) is 2.34. The number of hydrogen-bond acceptors (Lipinski definition) is 3. The smallest absolute Gasteiger partial charge is 0.260 e. The van der Waals surface area contributed by atoms with E-state index in [2.05, 4.69) is 10.2 Å². The van der Waals surface area contributed by atoms with Crippen LogP contribution in [0.4, 0.5) is 0 Å². The zero-order chi connectivity index (χ0) is 12.6. The minimum absolute atomic E-state index is 0.0199. The summed E-state index contributed by atoms with van der Waals surface area (Å²) in [5, 5.41) is 6.39. The second-order valence-electron chi connectivity index (χ2n) is 4.46. The van der Waals surface area contributed by atoms with E-state index >= 15 is 0 Å². The summed E-state index contributed by atoms with van der Waals surface area (Å²) in [5.41, 5.74) is 0.515. The number of rotatable bonds is 5. The molecular formula is C10H16ClN3O2S. The predicted octanol–water partition coefficient (Wildman–Crippen LogP) is 1.57. The number of aromatic nitrogens is 2. The maximum Gasteiger partial charge on any atom is 0.260 e. The van der Waals surface area contributed by atoms with Crippen molar-refractivity contribution in [2.24, 2.45) is 5.92 Å². The average Bonchev–Trinajstić information content (AvgIpc) is 3.03. The zero-order valence-electron chi connectivity index (χ0n) is 9.85. The number of halogens is 1. The van der Waals surface area contributed by atoms with Crippen LogP contribution >= 0.6 is 11.6 Å². The van der Waals surface area contributed by atoms with Crippen LogP contribution in [0.15, 0.2) is 11.2 Å². The van der Waals surface area contributed by atoms with Crippen LogP contribution in [0.1, 0.15) is 25.3 Å². The number of aromatic amines is 1. The Bertz CT molecular complexity index is 495. The van der Waals surface area contributed by atoms with E-state index in [4.69, 9.17) is 11.6 Å². The fourth-order valence-corrected chi connectivity index (χ4v) is 3.66. The minimum Gasteiger partial charge on any atom is -0.266 e. The second-order valence-corrected chi connectivity index (χ2v) is 6.66. The van der Waals surface area contributed by atoms with Gasteiger partial charge in [0.1, 0.15) is 0 Å². The summed E-state index contributed by atoms with van der Waals surface area (Å²) in [6, 6.07) is 0.0199. The van der Waals surface area contributed by atoms with Crippen LogP contribution < -0.4 is 0 Å². The first-order chi connectivity index (χ1) is 7.98. The van der Waals surface area contributed by atoms with E-state index in [1.807, 2.05) is 6.92 Å². The number of nitrogens with zero attached hydrogens (tertiary/aromatic N) is 2. The Hall–Kier alpha value is -0.590. The normalized spacial score (nSPS) is 18.6. The van der Waals surface area contributed by atoms with Gasteiger partial charge in [-0.05, 0) is 25.7 Å². The van der Waals surface area contributed by atoms with Crippen LogP contribution in [0.5, 0.6) is 0 Å². The molecule has 1 heterocycles. The summed E-state index contributed by atoms with van der Waals surface area (Å²) in [7, 11) is -1.90. The molecule has 7 heteroatoms. The zero-order valence-corrected chi connectivity index (χ0v) is 11.4. The number of sulfonamides is 1. The summed E-state index contributed by atoms with van der Waals surface area (Å²) < 4.78 is 26.1. The van der Waals surface area contributed by atoms with Crippen LogP contribution in [-0.4, -0.2) is 36.0 Å². The van der Waals surface area contributed by atoms with Crippen molar-refractivity contribution < 1.29 is 8.42 Å². The predicted molar refractivity (Wildman–Crippen MR) is 65.3 cm³/mol. The molecule has 0 aromatic carbocycles. The van der Waals surface area contributed by atoms with Crippen molar-refractivity contribution in [3.8, 4) is 0 Å². The van der Waals surface area contributed by atoms with E-state index in [-0.39, 0.29) is 16.9 Å². The van der Waals surface area contributed by atoms with Gasteiger partial charge < -0.3 is 0 Å². The Balaban J connectivity index is 2.29. The van der Waals surface area contributed by atoms with Crippen molar-refractivity contribution in [3.63, 3.8) is 0 Å². The molecule has 1 aromatic rings. The summed E-state index contributed by atoms with van der Waals surface area (Å²) in [4.78, 5) is 0. The van der Waals surface area contributed by atoms with E-state index in [1.165, 1.54) is 10.5 Å². The molecule has 17 heavy (non-hydrogen) atoms. The van der Waals surface area contributed by atoms with Crippen LogP contribution in [-0.2, 0) is 15.9 Å². The Morgan fingerprint density at radius 3 is 2.82 bits per heavy atom. The molecule has 0 spiro atoms. The average molecular weight is 278 g/mol. The van der Waals surface area contributed by atoms with Crippen LogP contribution in [0.25, 0.3) is 0 Å². The topological polar surface area (TPSA) is 66.1 Å². The molecule has 5 nitrogen and oxygen atoms in total. The van der Waals surface area contributed by atoms with E-state index in [1.54, 1.807) is 7.05 Å². The van der Waals surface area contributed by atoms with Crippen molar-refractivity contribution in [1.82, 2.24) is 14.5 Å². The fourth-order valence-electron chi connectivity index (χ4n) is 1.86. The molecule has 0 amide bonds. The highest BCUT2D eigenvalue weighted by atomic mass is 35.5. The third-order valence-electron chi connectivity index (χ3n) is 3.34. The molecule has 1 saturated carbocycles. The molecular weight excluding hydrogens is 262 g/mol. The molecule has 0 saturated heterocycles. The van der Waals surface area contributed by atoms with E-state index in [9.17, 15) is 8.42 Å². The van der Waals surface area contributed by atoms with Gasteiger partial charge in [0.05, 0.1) is 12.1 Å². The molecule has 0 radical (unpaired) electrons. The van der Waals surface area contributed by atoms with Crippen molar-refractivity contribution in [2.75, 3.05) is 7.05 Å². The molecule has 1 atom stereocenters. The minimum atomic E-state index is -3.51. The van der Waals surface area contributed by atoms with Gasteiger partial charge in [-0.25, -0.2) is 8.42 Å². The SMILES string of the molecule is CC(C1CC1)N(C)S(=O)(=O)c1[nH]ncc1CCl. The molecule has 1 unspecified atom stereocenters. The van der Waals surface area contributed by atoms with Gasteiger partial charge in [0.2, 0.25) is 0 Å².